The van der Waals surface area contributed by atoms with Crippen molar-refractivity contribution < 1.29 is 18.7 Å². The van der Waals surface area contributed by atoms with Crippen molar-refractivity contribution in [3.8, 4) is 5.75 Å². The summed E-state index contributed by atoms with van der Waals surface area (Å²) in [5.74, 6) is -0.372. The summed E-state index contributed by atoms with van der Waals surface area (Å²) in [6.45, 7) is 0.496. The van der Waals surface area contributed by atoms with Crippen LogP contribution in [0.3, 0.4) is 0 Å². The zero-order valence-corrected chi connectivity index (χ0v) is 15.7. The van der Waals surface area contributed by atoms with Crippen LogP contribution in [0.25, 0.3) is 10.8 Å². The number of carbonyl (C=O) groups is 1. The standard InChI is InChI=1S/C25H19FO3/c26-22-12-11-20-13-21(25(27)29-17-19-9-5-2-6-10-19)14-24(23(20)15-22)28-16-18-7-3-1-4-8-18/h1-15H,16-17H2. The number of fused-ring (bicyclic) bond motifs is 1. The van der Waals surface area contributed by atoms with Crippen molar-refractivity contribution in [2.75, 3.05) is 0 Å². The zero-order chi connectivity index (χ0) is 20.1. The van der Waals surface area contributed by atoms with E-state index in [1.807, 2.05) is 60.7 Å². The van der Waals surface area contributed by atoms with Gasteiger partial charge in [-0.15, -0.1) is 0 Å². The van der Waals surface area contributed by atoms with Crippen molar-refractivity contribution in [3.05, 3.63) is 114 Å². The molecule has 0 saturated heterocycles. The van der Waals surface area contributed by atoms with Gasteiger partial charge in [-0.25, -0.2) is 9.18 Å². The van der Waals surface area contributed by atoms with Gasteiger partial charge in [-0.2, -0.15) is 0 Å². The van der Waals surface area contributed by atoms with E-state index in [0.717, 1.165) is 11.1 Å². The molecule has 0 aliphatic heterocycles. The fraction of sp³-hybridized carbons (Fsp3) is 0.0800. The van der Waals surface area contributed by atoms with Crippen molar-refractivity contribution in [1.29, 1.82) is 0 Å². The quantitative estimate of drug-likeness (QED) is 0.386. The minimum Gasteiger partial charge on any atom is -0.488 e. The highest BCUT2D eigenvalue weighted by Gasteiger charge is 2.14. The van der Waals surface area contributed by atoms with E-state index < -0.39 is 5.97 Å². The van der Waals surface area contributed by atoms with Gasteiger partial charge in [0, 0.05) is 5.39 Å². The molecule has 0 unspecified atom stereocenters. The molecule has 0 heterocycles. The maximum atomic E-state index is 13.8. The Bertz CT molecular complexity index is 1120. The molecule has 0 fully saturated rings. The highest BCUT2D eigenvalue weighted by Crippen LogP contribution is 2.30. The molecule has 0 radical (unpaired) electrons. The van der Waals surface area contributed by atoms with E-state index in [9.17, 15) is 9.18 Å². The van der Waals surface area contributed by atoms with Crippen LogP contribution in [-0.4, -0.2) is 5.97 Å². The highest BCUT2D eigenvalue weighted by atomic mass is 19.1. The van der Waals surface area contributed by atoms with Gasteiger partial charge in [0.05, 0.1) is 5.56 Å². The topological polar surface area (TPSA) is 35.5 Å². The number of halogens is 1. The fourth-order valence-corrected chi connectivity index (χ4v) is 3.07. The van der Waals surface area contributed by atoms with Gasteiger partial charge in [-0.1, -0.05) is 66.7 Å². The second-order valence-electron chi connectivity index (χ2n) is 6.68. The van der Waals surface area contributed by atoms with Gasteiger partial charge in [0.1, 0.15) is 24.8 Å². The first-order valence-electron chi connectivity index (χ1n) is 9.30. The second kappa shape index (κ2) is 8.57. The first kappa shape index (κ1) is 18.7. The number of esters is 1. The van der Waals surface area contributed by atoms with E-state index in [2.05, 4.69) is 0 Å². The van der Waals surface area contributed by atoms with E-state index in [0.29, 0.717) is 28.7 Å². The lowest BCUT2D eigenvalue weighted by atomic mass is 10.1. The monoisotopic (exact) mass is 386 g/mol. The third-order valence-electron chi connectivity index (χ3n) is 4.56. The Kier molecular flexibility index (Phi) is 5.52. The number of hydrogen-bond acceptors (Lipinski definition) is 3. The third-order valence-corrected chi connectivity index (χ3v) is 4.56. The highest BCUT2D eigenvalue weighted by molar-refractivity contribution is 5.98. The minimum absolute atomic E-state index is 0.182. The number of ether oxygens (including phenoxy) is 2. The third kappa shape index (κ3) is 4.61. The van der Waals surface area contributed by atoms with E-state index in [4.69, 9.17) is 9.47 Å². The summed E-state index contributed by atoms with van der Waals surface area (Å²) in [5.41, 5.74) is 2.25. The lowest BCUT2D eigenvalue weighted by Crippen LogP contribution is -2.06. The van der Waals surface area contributed by atoms with Crippen molar-refractivity contribution in [3.63, 3.8) is 0 Å². The molecule has 29 heavy (non-hydrogen) atoms. The molecule has 0 atom stereocenters. The Morgan fingerprint density at radius 2 is 1.41 bits per heavy atom. The predicted molar refractivity (Wildman–Crippen MR) is 110 cm³/mol. The normalized spacial score (nSPS) is 10.7. The summed E-state index contributed by atoms with van der Waals surface area (Å²) in [6.07, 6.45) is 0. The maximum Gasteiger partial charge on any atom is 0.338 e. The number of hydrogen-bond donors (Lipinski definition) is 0. The molecule has 3 nitrogen and oxygen atoms in total. The predicted octanol–water partition coefficient (Wildman–Crippen LogP) is 5.91. The summed E-state index contributed by atoms with van der Waals surface area (Å²) in [6, 6.07) is 26.9. The Labute approximate surface area is 168 Å². The molecule has 0 bridgehead atoms. The van der Waals surface area contributed by atoms with Crippen LogP contribution < -0.4 is 4.74 Å². The SMILES string of the molecule is O=C(OCc1ccccc1)c1cc(OCc2ccccc2)c2cc(F)ccc2c1. The first-order chi connectivity index (χ1) is 14.2. The van der Waals surface area contributed by atoms with Gasteiger partial charge < -0.3 is 9.47 Å². The molecule has 0 N–H and O–H groups in total. The summed E-state index contributed by atoms with van der Waals surface area (Å²) < 4.78 is 25.2. The maximum absolute atomic E-state index is 13.8. The van der Waals surface area contributed by atoms with Crippen molar-refractivity contribution in [2.24, 2.45) is 0 Å². The lowest BCUT2D eigenvalue weighted by molar-refractivity contribution is 0.0472. The number of carbonyl (C=O) groups excluding carboxylic acids is 1. The number of rotatable bonds is 6. The Morgan fingerprint density at radius 3 is 2.10 bits per heavy atom. The van der Waals surface area contributed by atoms with Gasteiger partial charge in [-0.3, -0.25) is 0 Å². The Hall–Kier alpha value is -3.66. The molecule has 0 aromatic heterocycles. The van der Waals surface area contributed by atoms with Crippen LogP contribution in [-0.2, 0) is 18.0 Å². The fourth-order valence-electron chi connectivity index (χ4n) is 3.07. The molecule has 4 aromatic carbocycles. The average molecular weight is 386 g/mol. The van der Waals surface area contributed by atoms with Crippen LogP contribution in [0.15, 0.2) is 91.0 Å². The van der Waals surface area contributed by atoms with E-state index in [-0.39, 0.29) is 12.4 Å². The smallest absolute Gasteiger partial charge is 0.338 e. The van der Waals surface area contributed by atoms with Crippen molar-refractivity contribution in [1.82, 2.24) is 0 Å². The van der Waals surface area contributed by atoms with E-state index in [1.165, 1.54) is 12.1 Å². The Balaban J connectivity index is 1.60. The molecule has 4 heteroatoms. The van der Waals surface area contributed by atoms with Crippen LogP contribution in [0.2, 0.25) is 0 Å². The van der Waals surface area contributed by atoms with Gasteiger partial charge in [-0.05, 0) is 40.8 Å². The van der Waals surface area contributed by atoms with Gasteiger partial charge >= 0.3 is 5.97 Å². The summed E-state index contributed by atoms with van der Waals surface area (Å²) in [4.78, 5) is 12.6. The number of benzene rings is 4. The molecule has 0 spiro atoms. The first-order valence-corrected chi connectivity index (χ1v) is 9.30. The van der Waals surface area contributed by atoms with Gasteiger partial charge in [0.15, 0.2) is 0 Å². The molecule has 4 rings (SSSR count). The van der Waals surface area contributed by atoms with E-state index in [1.54, 1.807) is 18.2 Å². The van der Waals surface area contributed by atoms with Crippen LogP contribution in [0.4, 0.5) is 4.39 Å². The molecule has 0 amide bonds. The average Bonchev–Trinajstić information content (AvgIpc) is 2.77. The molecule has 0 aliphatic carbocycles. The molecule has 144 valence electrons. The molecular weight excluding hydrogens is 367 g/mol. The van der Waals surface area contributed by atoms with Crippen molar-refractivity contribution >= 4 is 16.7 Å². The van der Waals surface area contributed by atoms with Crippen molar-refractivity contribution in [2.45, 2.75) is 13.2 Å². The second-order valence-corrected chi connectivity index (χ2v) is 6.68. The van der Waals surface area contributed by atoms with Crippen LogP contribution in [0, 0.1) is 5.82 Å². The molecular formula is C25H19FO3. The van der Waals surface area contributed by atoms with Crippen LogP contribution >= 0.6 is 0 Å². The summed E-state index contributed by atoms with van der Waals surface area (Å²) >= 11 is 0. The minimum atomic E-state index is -0.454. The lowest BCUT2D eigenvalue weighted by Gasteiger charge is -2.12. The molecule has 0 aliphatic rings. The zero-order valence-electron chi connectivity index (χ0n) is 15.7. The van der Waals surface area contributed by atoms with Crippen LogP contribution in [0.5, 0.6) is 5.75 Å². The summed E-state index contributed by atoms with van der Waals surface area (Å²) in [5, 5.41) is 1.32. The van der Waals surface area contributed by atoms with Gasteiger partial charge in [0.2, 0.25) is 0 Å². The summed E-state index contributed by atoms with van der Waals surface area (Å²) in [7, 11) is 0. The molecule has 4 aromatic rings. The Morgan fingerprint density at radius 1 is 0.759 bits per heavy atom. The van der Waals surface area contributed by atoms with Crippen LogP contribution in [0.1, 0.15) is 21.5 Å². The van der Waals surface area contributed by atoms with Gasteiger partial charge in [0.25, 0.3) is 0 Å². The molecule has 0 saturated carbocycles. The van der Waals surface area contributed by atoms with E-state index >= 15 is 0 Å². The largest absolute Gasteiger partial charge is 0.488 e.